The van der Waals surface area contributed by atoms with E-state index in [0.29, 0.717) is 22.7 Å². The molecule has 3 nitrogen and oxygen atoms in total. The lowest BCUT2D eigenvalue weighted by molar-refractivity contribution is -0.132. The van der Waals surface area contributed by atoms with Crippen LogP contribution in [0.5, 0.6) is 0 Å². The lowest BCUT2D eigenvalue weighted by Crippen LogP contribution is -2.44. The first kappa shape index (κ1) is 17.5. The van der Waals surface area contributed by atoms with Crippen molar-refractivity contribution in [2.45, 2.75) is 32.4 Å². The molecule has 0 bridgehead atoms. The summed E-state index contributed by atoms with van der Waals surface area (Å²) in [4.78, 5) is 14.6. The topological polar surface area (TPSA) is 40.5 Å². The molecular weight excluding hydrogens is 310 g/mol. The van der Waals surface area contributed by atoms with Crippen molar-refractivity contribution in [2.75, 3.05) is 6.54 Å². The van der Waals surface area contributed by atoms with Crippen molar-refractivity contribution in [2.24, 2.45) is 0 Å². The van der Waals surface area contributed by atoms with E-state index in [4.69, 9.17) is 11.6 Å². The minimum Gasteiger partial charge on any atom is -0.392 e. The minimum atomic E-state index is -0.128. The Morgan fingerprint density at radius 2 is 2.17 bits per heavy atom. The van der Waals surface area contributed by atoms with Gasteiger partial charge >= 0.3 is 0 Å². The van der Waals surface area contributed by atoms with Gasteiger partial charge in [-0.05, 0) is 41.7 Å². The second-order valence-electron chi connectivity index (χ2n) is 5.61. The minimum absolute atomic E-state index is 0.00256. The van der Waals surface area contributed by atoms with E-state index in [1.54, 1.807) is 24.3 Å². The lowest BCUT2D eigenvalue weighted by Gasteiger charge is -2.36. The van der Waals surface area contributed by atoms with E-state index in [0.717, 1.165) is 17.6 Å². The maximum absolute atomic E-state index is 12.8. The third-order valence-corrected chi connectivity index (χ3v) is 4.77. The van der Waals surface area contributed by atoms with E-state index in [1.165, 1.54) is 0 Å². The summed E-state index contributed by atoms with van der Waals surface area (Å²) in [5.41, 5.74) is 3.58. The van der Waals surface area contributed by atoms with Crippen LogP contribution in [0, 0.1) is 0 Å². The molecule has 0 spiro atoms. The summed E-state index contributed by atoms with van der Waals surface area (Å²) in [5, 5.41) is 9.96. The van der Waals surface area contributed by atoms with Crippen molar-refractivity contribution in [3.63, 3.8) is 0 Å². The normalized spacial score (nSPS) is 18.0. The first-order valence-electron chi connectivity index (χ1n) is 7.68. The van der Waals surface area contributed by atoms with E-state index in [-0.39, 0.29) is 25.0 Å². The Kier molecular flexibility index (Phi) is 5.80. The van der Waals surface area contributed by atoms with Crippen LogP contribution in [0.15, 0.2) is 54.7 Å². The highest BCUT2D eigenvalue weighted by molar-refractivity contribution is 6.31. The molecule has 1 N–H and O–H groups in total. The first-order chi connectivity index (χ1) is 11.0. The van der Waals surface area contributed by atoms with Gasteiger partial charge in [0.05, 0.1) is 19.1 Å². The van der Waals surface area contributed by atoms with Crippen LogP contribution in [0.3, 0.4) is 0 Å². The Morgan fingerprint density at radius 1 is 1.43 bits per heavy atom. The molecule has 0 aliphatic carbocycles. The second-order valence-corrected chi connectivity index (χ2v) is 6.02. The zero-order chi connectivity index (χ0) is 17.0. The monoisotopic (exact) mass is 331 g/mol. The van der Waals surface area contributed by atoms with Gasteiger partial charge in [0.2, 0.25) is 5.91 Å². The standard InChI is InChI=1S/C19H22ClNO2/c1-4-14-9-10-21(13(3)16(14)5-2)19(23)11-17-15(12-22)7-6-8-18(17)20/h4-8,13,22H,1-2,9-12H2,3H3. The van der Waals surface area contributed by atoms with Crippen molar-refractivity contribution in [3.8, 4) is 0 Å². The van der Waals surface area contributed by atoms with Crippen LogP contribution in [0.4, 0.5) is 0 Å². The molecule has 1 aliphatic heterocycles. The van der Waals surface area contributed by atoms with Crippen LogP contribution in [0.2, 0.25) is 5.02 Å². The molecule has 1 amide bonds. The van der Waals surface area contributed by atoms with Gasteiger partial charge in [-0.1, -0.05) is 49.0 Å². The van der Waals surface area contributed by atoms with Gasteiger partial charge in [-0.3, -0.25) is 4.79 Å². The zero-order valence-electron chi connectivity index (χ0n) is 13.4. The zero-order valence-corrected chi connectivity index (χ0v) is 14.1. The summed E-state index contributed by atoms with van der Waals surface area (Å²) < 4.78 is 0. The molecule has 0 saturated heterocycles. The smallest absolute Gasteiger partial charge is 0.227 e. The van der Waals surface area contributed by atoms with Crippen LogP contribution in [0.1, 0.15) is 24.5 Å². The molecule has 1 atom stereocenters. The predicted molar refractivity (Wildman–Crippen MR) is 94.3 cm³/mol. The molecule has 1 heterocycles. The molecule has 1 aromatic carbocycles. The summed E-state index contributed by atoms with van der Waals surface area (Å²) in [7, 11) is 0. The average molecular weight is 332 g/mol. The third kappa shape index (κ3) is 3.57. The van der Waals surface area contributed by atoms with Gasteiger partial charge in [0.15, 0.2) is 0 Å². The number of aliphatic hydroxyl groups is 1. The van der Waals surface area contributed by atoms with E-state index < -0.39 is 0 Å². The Morgan fingerprint density at radius 3 is 2.78 bits per heavy atom. The summed E-state index contributed by atoms with van der Waals surface area (Å²) in [5.74, 6) is 0.00256. The van der Waals surface area contributed by atoms with Gasteiger partial charge in [-0.15, -0.1) is 0 Å². The van der Waals surface area contributed by atoms with Gasteiger partial charge in [0, 0.05) is 11.6 Å². The van der Waals surface area contributed by atoms with Crippen molar-refractivity contribution in [1.29, 1.82) is 0 Å². The van der Waals surface area contributed by atoms with Crippen molar-refractivity contribution in [1.82, 2.24) is 4.90 Å². The third-order valence-electron chi connectivity index (χ3n) is 4.41. The van der Waals surface area contributed by atoms with E-state index in [2.05, 4.69) is 13.2 Å². The van der Waals surface area contributed by atoms with Gasteiger partial charge in [0.25, 0.3) is 0 Å². The number of carbonyl (C=O) groups excluding carboxylic acids is 1. The first-order valence-corrected chi connectivity index (χ1v) is 8.05. The van der Waals surface area contributed by atoms with Gasteiger partial charge < -0.3 is 10.0 Å². The number of nitrogens with zero attached hydrogens (tertiary/aromatic N) is 1. The number of hydrogen-bond acceptors (Lipinski definition) is 2. The molecule has 0 fully saturated rings. The molecule has 23 heavy (non-hydrogen) atoms. The van der Waals surface area contributed by atoms with Crippen LogP contribution in [0.25, 0.3) is 0 Å². The number of allylic oxidation sites excluding steroid dienone is 1. The molecule has 4 heteroatoms. The summed E-state index contributed by atoms with van der Waals surface area (Å²) in [6.45, 7) is 10.2. The summed E-state index contributed by atoms with van der Waals surface area (Å²) >= 11 is 6.21. The average Bonchev–Trinajstić information content (AvgIpc) is 2.55. The van der Waals surface area contributed by atoms with Gasteiger partial charge in [-0.25, -0.2) is 0 Å². The Bertz CT molecular complexity index is 663. The number of rotatable bonds is 5. The van der Waals surface area contributed by atoms with Crippen LogP contribution in [-0.4, -0.2) is 28.5 Å². The Hall–Kier alpha value is -1.84. The van der Waals surface area contributed by atoms with Crippen LogP contribution in [-0.2, 0) is 17.8 Å². The molecular formula is C19H22ClNO2. The van der Waals surface area contributed by atoms with Crippen molar-refractivity contribution >= 4 is 17.5 Å². The summed E-state index contributed by atoms with van der Waals surface area (Å²) in [6.07, 6.45) is 4.60. The van der Waals surface area contributed by atoms with Crippen molar-refractivity contribution in [3.05, 3.63) is 70.8 Å². The largest absolute Gasteiger partial charge is 0.392 e. The lowest BCUT2D eigenvalue weighted by atomic mass is 9.92. The number of halogens is 1. The van der Waals surface area contributed by atoms with Crippen molar-refractivity contribution < 1.29 is 9.90 Å². The molecule has 1 unspecified atom stereocenters. The number of amides is 1. The van der Waals surface area contributed by atoms with Crippen LogP contribution >= 0.6 is 11.6 Å². The number of carbonyl (C=O) groups is 1. The van der Waals surface area contributed by atoms with Gasteiger partial charge in [-0.2, -0.15) is 0 Å². The molecule has 122 valence electrons. The maximum atomic E-state index is 12.8. The van der Waals surface area contributed by atoms with E-state index in [1.807, 2.05) is 17.9 Å². The second kappa shape index (κ2) is 7.62. The Balaban J connectivity index is 2.24. The molecule has 0 saturated carbocycles. The molecule has 1 aromatic rings. The van der Waals surface area contributed by atoms with E-state index >= 15 is 0 Å². The SMILES string of the molecule is C=CC1=C(C=C)C(C)N(C(=O)Cc2c(Cl)cccc2CO)CC1. The summed E-state index contributed by atoms with van der Waals surface area (Å²) in [6, 6.07) is 5.27. The van der Waals surface area contributed by atoms with E-state index in [9.17, 15) is 9.90 Å². The number of aliphatic hydroxyl groups excluding tert-OH is 1. The van der Waals surface area contributed by atoms with Gasteiger partial charge in [0.1, 0.15) is 0 Å². The van der Waals surface area contributed by atoms with Crippen LogP contribution < -0.4 is 0 Å². The number of hydrogen-bond donors (Lipinski definition) is 1. The molecule has 2 rings (SSSR count). The maximum Gasteiger partial charge on any atom is 0.227 e. The Labute approximate surface area is 142 Å². The molecule has 0 radical (unpaired) electrons. The fourth-order valence-corrected chi connectivity index (χ4v) is 3.34. The number of benzene rings is 1. The molecule has 0 aromatic heterocycles. The fraction of sp³-hybridized carbons (Fsp3) is 0.316. The fourth-order valence-electron chi connectivity index (χ4n) is 3.08. The quantitative estimate of drug-likeness (QED) is 0.894. The highest BCUT2D eigenvalue weighted by Gasteiger charge is 2.28. The molecule has 1 aliphatic rings. The predicted octanol–water partition coefficient (Wildman–Crippen LogP) is 3.66. The highest BCUT2D eigenvalue weighted by atomic mass is 35.5. The highest BCUT2D eigenvalue weighted by Crippen LogP contribution is 2.27.